The van der Waals surface area contributed by atoms with E-state index >= 15 is 0 Å². The summed E-state index contributed by atoms with van der Waals surface area (Å²) < 4.78 is 29.6. The van der Waals surface area contributed by atoms with Crippen molar-refractivity contribution in [1.29, 1.82) is 0 Å². The molecule has 0 saturated carbocycles. The second-order valence-electron chi connectivity index (χ2n) is 5.82. The number of hydrogen-bond donors (Lipinski definition) is 2. The van der Waals surface area contributed by atoms with E-state index in [0.717, 1.165) is 23.5 Å². The van der Waals surface area contributed by atoms with Crippen LogP contribution in [0.25, 0.3) is 0 Å². The number of nitrogens with zero attached hydrogens (tertiary/aromatic N) is 2. The van der Waals surface area contributed by atoms with Crippen LogP contribution in [0.4, 0.5) is 8.78 Å². The van der Waals surface area contributed by atoms with Crippen LogP contribution < -0.4 is 15.4 Å². The number of guanidine groups is 1. The smallest absolute Gasteiger partial charge is 0.387 e. The van der Waals surface area contributed by atoms with Gasteiger partial charge in [-0.05, 0) is 26.3 Å². The molecule has 1 aromatic heterocycles. The van der Waals surface area contributed by atoms with E-state index in [2.05, 4.69) is 39.2 Å². The lowest BCUT2D eigenvalue weighted by Crippen LogP contribution is -2.38. The summed E-state index contributed by atoms with van der Waals surface area (Å²) in [5.74, 6) is 0.783. The molecular formula is C19H26F2N4OS. The lowest BCUT2D eigenvalue weighted by atomic mass is 10.2. The molecule has 2 aromatic rings. The van der Waals surface area contributed by atoms with Gasteiger partial charge in [0.15, 0.2) is 5.96 Å². The molecule has 0 fully saturated rings. The number of aliphatic imine (C=N–C) groups is 1. The highest BCUT2D eigenvalue weighted by Crippen LogP contribution is 2.21. The van der Waals surface area contributed by atoms with Gasteiger partial charge in [-0.3, -0.25) is 0 Å². The minimum atomic E-state index is -2.85. The Balaban J connectivity index is 1.95. The molecule has 0 atom stereocenters. The molecular weight excluding hydrogens is 370 g/mol. The maximum Gasteiger partial charge on any atom is 0.387 e. The molecule has 0 amide bonds. The summed E-state index contributed by atoms with van der Waals surface area (Å²) in [7, 11) is 0. The molecule has 0 unspecified atom stereocenters. The highest BCUT2D eigenvalue weighted by atomic mass is 32.1. The molecule has 2 N–H and O–H groups in total. The standard InChI is InChI=1S/C19H26F2N4OS/c1-4-15-13(3)27-17(25-15)10-11-23-19(22-5-2)24-12-14-8-6-7-9-16(14)26-18(20)21/h6-9,18H,4-5,10-12H2,1-3H3,(H2,22,23,24). The molecule has 1 heterocycles. The zero-order valence-electron chi connectivity index (χ0n) is 15.9. The van der Waals surface area contributed by atoms with E-state index in [1.54, 1.807) is 29.5 Å². The molecule has 0 saturated heterocycles. The van der Waals surface area contributed by atoms with Crippen LogP contribution >= 0.6 is 11.3 Å². The van der Waals surface area contributed by atoms with Crippen LogP contribution in [-0.2, 0) is 19.4 Å². The first-order chi connectivity index (χ1) is 13.0. The molecule has 1 aromatic carbocycles. The fourth-order valence-corrected chi connectivity index (χ4v) is 3.58. The first-order valence-corrected chi connectivity index (χ1v) is 9.85. The van der Waals surface area contributed by atoms with Crippen molar-refractivity contribution >= 4 is 17.3 Å². The van der Waals surface area contributed by atoms with Gasteiger partial charge >= 0.3 is 6.61 Å². The van der Waals surface area contributed by atoms with E-state index in [1.165, 1.54) is 10.9 Å². The zero-order valence-corrected chi connectivity index (χ0v) is 16.7. The number of aryl methyl sites for hydroxylation is 2. The first-order valence-electron chi connectivity index (χ1n) is 9.03. The number of hydrogen-bond acceptors (Lipinski definition) is 4. The second kappa shape index (κ2) is 10.8. The number of thiazole rings is 1. The van der Waals surface area contributed by atoms with Gasteiger partial charge in [-0.2, -0.15) is 8.78 Å². The predicted molar refractivity (Wildman–Crippen MR) is 106 cm³/mol. The molecule has 0 bridgehead atoms. The van der Waals surface area contributed by atoms with Gasteiger partial charge in [0, 0.05) is 30.0 Å². The molecule has 0 radical (unpaired) electrons. The topological polar surface area (TPSA) is 58.5 Å². The average Bonchev–Trinajstić information content (AvgIpc) is 3.00. The van der Waals surface area contributed by atoms with Gasteiger partial charge in [0.2, 0.25) is 0 Å². The Hall–Kier alpha value is -2.22. The van der Waals surface area contributed by atoms with E-state index in [4.69, 9.17) is 0 Å². The van der Waals surface area contributed by atoms with E-state index < -0.39 is 6.61 Å². The van der Waals surface area contributed by atoms with Gasteiger partial charge in [-0.25, -0.2) is 9.98 Å². The van der Waals surface area contributed by atoms with Gasteiger partial charge in [0.25, 0.3) is 0 Å². The number of aromatic nitrogens is 1. The van der Waals surface area contributed by atoms with Gasteiger partial charge in [0.1, 0.15) is 5.75 Å². The van der Waals surface area contributed by atoms with Crippen LogP contribution in [0.5, 0.6) is 5.75 Å². The monoisotopic (exact) mass is 396 g/mol. The largest absolute Gasteiger partial charge is 0.434 e. The number of nitrogens with one attached hydrogen (secondary N) is 2. The molecule has 5 nitrogen and oxygen atoms in total. The molecule has 0 spiro atoms. The summed E-state index contributed by atoms with van der Waals surface area (Å²) in [6.45, 7) is 4.97. The van der Waals surface area contributed by atoms with Crippen molar-refractivity contribution in [2.24, 2.45) is 4.99 Å². The van der Waals surface area contributed by atoms with E-state index in [-0.39, 0.29) is 12.3 Å². The number of ether oxygens (including phenoxy) is 1. The lowest BCUT2D eigenvalue weighted by Gasteiger charge is -2.12. The van der Waals surface area contributed by atoms with Gasteiger partial charge in [-0.15, -0.1) is 11.3 Å². The Morgan fingerprint density at radius 1 is 1.26 bits per heavy atom. The van der Waals surface area contributed by atoms with Crippen molar-refractivity contribution in [2.45, 2.75) is 46.8 Å². The van der Waals surface area contributed by atoms with Gasteiger partial charge in [0.05, 0.1) is 17.2 Å². The average molecular weight is 397 g/mol. The Labute approximate surface area is 162 Å². The van der Waals surface area contributed by atoms with Crippen molar-refractivity contribution < 1.29 is 13.5 Å². The molecule has 0 aliphatic heterocycles. The minimum Gasteiger partial charge on any atom is -0.434 e. The number of benzene rings is 1. The highest BCUT2D eigenvalue weighted by molar-refractivity contribution is 7.11. The summed E-state index contributed by atoms with van der Waals surface area (Å²) >= 11 is 1.72. The van der Waals surface area contributed by atoms with Crippen molar-refractivity contribution in [2.75, 3.05) is 13.1 Å². The van der Waals surface area contributed by atoms with Crippen LogP contribution in [0.15, 0.2) is 29.3 Å². The van der Waals surface area contributed by atoms with Gasteiger partial charge < -0.3 is 15.4 Å². The Morgan fingerprint density at radius 3 is 2.70 bits per heavy atom. The molecule has 0 aliphatic carbocycles. The minimum absolute atomic E-state index is 0.150. The molecule has 27 heavy (non-hydrogen) atoms. The van der Waals surface area contributed by atoms with Crippen molar-refractivity contribution in [1.82, 2.24) is 15.6 Å². The van der Waals surface area contributed by atoms with Crippen LogP contribution in [0.2, 0.25) is 0 Å². The Bertz CT molecular complexity index is 749. The summed E-state index contributed by atoms with van der Waals surface area (Å²) in [6.07, 6.45) is 1.75. The Morgan fingerprint density at radius 2 is 2.04 bits per heavy atom. The van der Waals surface area contributed by atoms with Crippen molar-refractivity contribution in [3.63, 3.8) is 0 Å². The number of para-hydroxylation sites is 1. The van der Waals surface area contributed by atoms with Crippen molar-refractivity contribution in [3.05, 3.63) is 45.4 Å². The maximum absolute atomic E-state index is 12.5. The van der Waals surface area contributed by atoms with E-state index in [1.807, 2.05) is 6.92 Å². The summed E-state index contributed by atoms with van der Waals surface area (Å²) in [4.78, 5) is 10.4. The molecule has 8 heteroatoms. The lowest BCUT2D eigenvalue weighted by molar-refractivity contribution is -0.0504. The number of rotatable bonds is 9. The van der Waals surface area contributed by atoms with Gasteiger partial charge in [-0.1, -0.05) is 25.1 Å². The SMILES string of the molecule is CCNC(=NCc1ccccc1OC(F)F)NCCc1nc(CC)c(C)s1. The molecule has 0 aliphatic rings. The number of alkyl halides is 2. The van der Waals surface area contributed by atoms with Crippen LogP contribution in [0, 0.1) is 6.92 Å². The van der Waals surface area contributed by atoms with Crippen molar-refractivity contribution in [3.8, 4) is 5.75 Å². The summed E-state index contributed by atoms with van der Waals surface area (Å²) in [5, 5.41) is 7.52. The summed E-state index contributed by atoms with van der Waals surface area (Å²) in [5.41, 5.74) is 1.77. The molecule has 2 rings (SSSR count). The third-order valence-corrected chi connectivity index (χ3v) is 4.92. The quantitative estimate of drug-likeness (QED) is 0.498. The highest BCUT2D eigenvalue weighted by Gasteiger charge is 2.09. The third-order valence-electron chi connectivity index (χ3n) is 3.84. The third kappa shape index (κ3) is 6.78. The van der Waals surface area contributed by atoms with E-state index in [0.29, 0.717) is 24.6 Å². The van der Waals surface area contributed by atoms with Crippen LogP contribution in [0.1, 0.15) is 35.0 Å². The normalized spacial score (nSPS) is 11.7. The fraction of sp³-hybridized carbons (Fsp3) is 0.474. The number of halogens is 2. The first kappa shape index (κ1) is 21.1. The zero-order chi connectivity index (χ0) is 19.6. The predicted octanol–water partition coefficient (Wildman–Crippen LogP) is 3.91. The van der Waals surface area contributed by atoms with Crippen LogP contribution in [-0.4, -0.2) is 30.6 Å². The maximum atomic E-state index is 12.5. The van der Waals surface area contributed by atoms with E-state index in [9.17, 15) is 8.78 Å². The van der Waals surface area contributed by atoms with Crippen LogP contribution in [0.3, 0.4) is 0 Å². The summed E-state index contributed by atoms with van der Waals surface area (Å²) in [6, 6.07) is 6.69. The second-order valence-corrected chi connectivity index (χ2v) is 7.11. The molecule has 148 valence electrons. The fourth-order valence-electron chi connectivity index (χ4n) is 2.56. The Kier molecular flexibility index (Phi) is 8.44.